The molecule has 2 rings (SSSR count). The third kappa shape index (κ3) is 11.3. The minimum absolute atomic E-state index is 0.0164. The van der Waals surface area contributed by atoms with Crippen molar-refractivity contribution in [2.75, 3.05) is 13.2 Å². The number of rotatable bonds is 7. The first kappa shape index (κ1) is 27.0. The lowest BCUT2D eigenvalue weighted by molar-refractivity contribution is 0.306. The molecule has 2 N–H and O–H groups in total. The van der Waals surface area contributed by atoms with Crippen molar-refractivity contribution >= 4 is 46.1 Å². The second kappa shape index (κ2) is 15.7. The first-order valence-corrected chi connectivity index (χ1v) is 12.0. The number of nitrogens with zero attached hydrogens (tertiary/aromatic N) is 2. The van der Waals surface area contributed by atoms with E-state index in [-0.39, 0.29) is 23.4 Å². The van der Waals surface area contributed by atoms with Gasteiger partial charge in [-0.25, -0.2) is 14.4 Å². The molecule has 30 heavy (non-hydrogen) atoms. The third-order valence-electron chi connectivity index (χ3n) is 4.21. The first-order chi connectivity index (χ1) is 14.4. The molecule has 0 bridgehead atoms. The monoisotopic (exact) mass is 475 g/mol. The summed E-state index contributed by atoms with van der Waals surface area (Å²) in [4.78, 5) is 8.28. The lowest BCUT2D eigenvalue weighted by Crippen LogP contribution is -2.21. The number of aliphatic hydroxyl groups excluding tert-OH is 1. The van der Waals surface area contributed by atoms with E-state index in [0.29, 0.717) is 11.1 Å². The van der Waals surface area contributed by atoms with Crippen LogP contribution in [0.5, 0.6) is 0 Å². The molecule has 1 aliphatic carbocycles. The van der Waals surface area contributed by atoms with Crippen molar-refractivity contribution in [1.29, 1.82) is 0 Å². The van der Waals surface area contributed by atoms with Gasteiger partial charge in [0, 0.05) is 5.25 Å². The van der Waals surface area contributed by atoms with E-state index in [1.54, 1.807) is 19.1 Å². The zero-order valence-electron chi connectivity index (χ0n) is 17.9. The normalized spacial score (nSPS) is 16.2. The predicted molar refractivity (Wildman–Crippen MR) is 130 cm³/mol. The maximum atomic E-state index is 13.7. The Morgan fingerprint density at radius 2 is 1.93 bits per heavy atom. The summed E-state index contributed by atoms with van der Waals surface area (Å²) >= 11 is 13.1. The van der Waals surface area contributed by atoms with Crippen LogP contribution in [-0.4, -0.2) is 29.4 Å². The van der Waals surface area contributed by atoms with Crippen LogP contribution >= 0.6 is 35.0 Å². The molecule has 0 amide bonds. The fraction of sp³-hybridized carbons (Fsp3) is 0.545. The maximum absolute atomic E-state index is 13.7. The number of allylic oxidation sites excluding steroid dienone is 1. The number of benzene rings is 1. The van der Waals surface area contributed by atoms with E-state index in [0.717, 1.165) is 17.0 Å². The number of hydrogen-bond acceptors (Lipinski definition) is 3. The number of halogens is 3. The first-order valence-electron chi connectivity index (χ1n) is 10.3. The second-order valence-electron chi connectivity index (χ2n) is 6.84. The lowest BCUT2D eigenvalue weighted by atomic mass is 10.2. The largest absolute Gasteiger partial charge is 0.394 e. The summed E-state index contributed by atoms with van der Waals surface area (Å²) in [5, 5.41) is 13.3. The summed E-state index contributed by atoms with van der Waals surface area (Å²) in [6.45, 7) is 5.77. The number of nitrogens with one attached hydrogen (secondary N) is 1. The van der Waals surface area contributed by atoms with Gasteiger partial charge in [-0.15, -0.1) is 11.8 Å². The van der Waals surface area contributed by atoms with Crippen LogP contribution in [0.15, 0.2) is 39.3 Å². The summed E-state index contributed by atoms with van der Waals surface area (Å²) in [6, 6.07) is 4.79. The summed E-state index contributed by atoms with van der Waals surface area (Å²) in [5.41, 5.74) is 0.821. The van der Waals surface area contributed by atoms with Gasteiger partial charge in [-0.05, 0) is 38.0 Å². The van der Waals surface area contributed by atoms with Crippen LogP contribution in [0.3, 0.4) is 0 Å². The standard InChI is InChI=1S/C17H22Cl2FN3OS.C5H10/c1-4-5-16(23-17(21-8-9-24)22-12(3)18)25-11(2)13-6-7-14(19)15(20)10-13;1-2-4-5-3-1/h5-7,10-11,24H,4,8-9H2,1-3H3,(H,21,23);1-5H2/b16-5-,22-12+;. The maximum Gasteiger partial charge on any atom is 0.224 e. The van der Waals surface area contributed by atoms with Crippen molar-refractivity contribution in [1.82, 2.24) is 5.32 Å². The predicted octanol–water partition coefficient (Wildman–Crippen LogP) is 7.07. The zero-order chi connectivity index (χ0) is 22.4. The summed E-state index contributed by atoms with van der Waals surface area (Å²) in [6.07, 6.45) is 10.3. The Kier molecular flexibility index (Phi) is 14.1. The van der Waals surface area contributed by atoms with Gasteiger partial charge in [-0.3, -0.25) is 0 Å². The molecular weight excluding hydrogens is 444 g/mol. The van der Waals surface area contributed by atoms with Gasteiger partial charge in [0.05, 0.1) is 23.2 Å². The highest BCUT2D eigenvalue weighted by Crippen LogP contribution is 2.34. The Labute approximate surface area is 194 Å². The highest BCUT2D eigenvalue weighted by atomic mass is 35.5. The van der Waals surface area contributed by atoms with E-state index in [9.17, 15) is 4.39 Å². The van der Waals surface area contributed by atoms with Crippen molar-refractivity contribution in [3.05, 3.63) is 45.7 Å². The molecule has 0 radical (unpaired) electrons. The molecule has 0 aliphatic heterocycles. The van der Waals surface area contributed by atoms with Gasteiger partial charge in [0.25, 0.3) is 0 Å². The van der Waals surface area contributed by atoms with Crippen LogP contribution in [0.2, 0.25) is 5.02 Å². The SMILES string of the molecule is C1CCCC1.CC/C=C(/NC(=NCCO)/N=C(\C)Cl)SC(C)c1ccc(Cl)c(F)c1. The Bertz CT molecular complexity index is 725. The number of thioether (sulfide) groups is 1. The minimum Gasteiger partial charge on any atom is -0.394 e. The molecular formula is C22H32Cl2FN3OS. The minimum atomic E-state index is -0.437. The van der Waals surface area contributed by atoms with Gasteiger partial charge in [-0.1, -0.05) is 74.4 Å². The van der Waals surface area contributed by atoms with Crippen LogP contribution in [0.25, 0.3) is 0 Å². The van der Waals surface area contributed by atoms with Crippen LogP contribution in [0.4, 0.5) is 4.39 Å². The van der Waals surface area contributed by atoms with Gasteiger partial charge in [0.2, 0.25) is 5.96 Å². The Morgan fingerprint density at radius 1 is 1.30 bits per heavy atom. The van der Waals surface area contributed by atoms with E-state index < -0.39 is 5.82 Å². The zero-order valence-corrected chi connectivity index (χ0v) is 20.3. The van der Waals surface area contributed by atoms with Gasteiger partial charge in [-0.2, -0.15) is 0 Å². The van der Waals surface area contributed by atoms with Crippen molar-refractivity contribution in [3.8, 4) is 0 Å². The molecule has 1 unspecified atom stereocenters. The van der Waals surface area contributed by atoms with Crippen LogP contribution < -0.4 is 5.32 Å². The lowest BCUT2D eigenvalue weighted by Gasteiger charge is -2.16. The highest BCUT2D eigenvalue weighted by molar-refractivity contribution is 8.03. The smallest absolute Gasteiger partial charge is 0.224 e. The molecule has 0 heterocycles. The molecule has 0 saturated heterocycles. The summed E-state index contributed by atoms with van der Waals surface area (Å²) < 4.78 is 13.7. The Balaban J connectivity index is 0.000000780. The van der Waals surface area contributed by atoms with Crippen molar-refractivity contribution in [2.45, 2.75) is 64.5 Å². The Hall–Kier alpha value is -1.08. The van der Waals surface area contributed by atoms with Gasteiger partial charge >= 0.3 is 0 Å². The van der Waals surface area contributed by atoms with Crippen LogP contribution in [0, 0.1) is 5.82 Å². The molecule has 1 atom stereocenters. The van der Waals surface area contributed by atoms with Crippen molar-refractivity contribution < 1.29 is 9.50 Å². The van der Waals surface area contributed by atoms with Gasteiger partial charge < -0.3 is 10.4 Å². The van der Waals surface area contributed by atoms with E-state index in [1.807, 2.05) is 19.9 Å². The number of hydrogen-bond donors (Lipinski definition) is 2. The molecule has 4 nitrogen and oxygen atoms in total. The van der Waals surface area contributed by atoms with Crippen molar-refractivity contribution in [2.24, 2.45) is 9.98 Å². The summed E-state index contributed by atoms with van der Waals surface area (Å²) in [5.74, 6) is -0.114. The molecule has 8 heteroatoms. The molecule has 1 aromatic rings. The van der Waals surface area contributed by atoms with Gasteiger partial charge in [0.15, 0.2) is 0 Å². The third-order valence-corrected chi connectivity index (χ3v) is 5.75. The van der Waals surface area contributed by atoms with Gasteiger partial charge in [0.1, 0.15) is 11.0 Å². The quantitative estimate of drug-likeness (QED) is 0.327. The fourth-order valence-electron chi connectivity index (χ4n) is 2.74. The summed E-state index contributed by atoms with van der Waals surface area (Å²) in [7, 11) is 0. The molecule has 0 aromatic heterocycles. The molecule has 1 aromatic carbocycles. The van der Waals surface area contributed by atoms with E-state index in [2.05, 4.69) is 15.3 Å². The average molecular weight is 476 g/mol. The number of aliphatic imine (C=N–C) groups is 2. The Morgan fingerprint density at radius 3 is 2.43 bits per heavy atom. The topological polar surface area (TPSA) is 57.0 Å². The highest BCUT2D eigenvalue weighted by Gasteiger charge is 2.13. The molecule has 1 aliphatic rings. The van der Waals surface area contributed by atoms with Crippen LogP contribution in [-0.2, 0) is 0 Å². The fourth-order valence-corrected chi connectivity index (χ4v) is 4.01. The molecule has 168 valence electrons. The number of aliphatic hydroxyl groups is 1. The average Bonchev–Trinajstić information content (AvgIpc) is 3.28. The van der Waals surface area contributed by atoms with Crippen LogP contribution in [0.1, 0.15) is 70.1 Å². The molecule has 1 fully saturated rings. The number of guanidine groups is 1. The second-order valence-corrected chi connectivity index (χ2v) is 9.18. The molecule has 1 saturated carbocycles. The van der Waals surface area contributed by atoms with E-state index >= 15 is 0 Å². The van der Waals surface area contributed by atoms with E-state index in [4.69, 9.17) is 28.3 Å². The van der Waals surface area contributed by atoms with E-state index in [1.165, 1.54) is 49.9 Å². The molecule has 0 spiro atoms. The van der Waals surface area contributed by atoms with Crippen molar-refractivity contribution in [3.63, 3.8) is 0 Å².